The quantitative estimate of drug-likeness (QED) is 0.771. The topological polar surface area (TPSA) is 20.7 Å². The second kappa shape index (κ2) is 4.06. The molecule has 86 valence electrons. The molecular weight excluding hydrogens is 216 g/mol. The Labute approximate surface area is 101 Å². The van der Waals surface area contributed by atoms with Gasteiger partial charge in [-0.15, -0.1) is 0 Å². The zero-order chi connectivity index (χ0) is 11.9. The molecule has 0 radical (unpaired) electrons. The van der Waals surface area contributed by atoms with Crippen LogP contribution < -0.4 is 0 Å². The molecule has 1 N–H and O–H groups in total. The third kappa shape index (κ3) is 1.80. The average Bonchev–Trinajstić information content (AvgIpc) is 2.52. The van der Waals surface area contributed by atoms with Crippen molar-refractivity contribution in [2.75, 3.05) is 0 Å². The lowest BCUT2D eigenvalue weighted by Crippen LogP contribution is -2.11. The average molecular weight is 234 g/mol. The summed E-state index contributed by atoms with van der Waals surface area (Å²) >= 11 is 5.40. The molecule has 0 aliphatic rings. The zero-order valence-corrected chi connectivity index (χ0v) is 11.1. The van der Waals surface area contributed by atoms with Crippen LogP contribution in [0.1, 0.15) is 32.4 Å². The van der Waals surface area contributed by atoms with E-state index in [1.807, 2.05) is 0 Å². The maximum absolute atomic E-state index is 5.40. The summed E-state index contributed by atoms with van der Waals surface area (Å²) in [4.78, 5) is 3.27. The third-order valence-corrected chi connectivity index (χ3v) is 3.54. The largest absolute Gasteiger partial charge is 0.331 e. The highest BCUT2D eigenvalue weighted by Crippen LogP contribution is 2.24. The van der Waals surface area contributed by atoms with E-state index in [-0.39, 0.29) is 0 Å². The van der Waals surface area contributed by atoms with Crippen molar-refractivity contribution in [3.63, 3.8) is 0 Å². The fraction of sp³-hybridized carbons (Fsp3) is 0.462. The molecule has 2 nitrogen and oxygen atoms in total. The van der Waals surface area contributed by atoms with Crippen molar-refractivity contribution in [1.82, 2.24) is 9.55 Å². The molecule has 1 aromatic carbocycles. The SMILES string of the molecule is Cc1ccc2[nH]c(=S)n(C(C)C(C)C)c2c1. The van der Waals surface area contributed by atoms with Gasteiger partial charge in [0.25, 0.3) is 0 Å². The van der Waals surface area contributed by atoms with Crippen LogP contribution in [0.25, 0.3) is 11.0 Å². The van der Waals surface area contributed by atoms with E-state index < -0.39 is 0 Å². The minimum Gasteiger partial charge on any atom is -0.331 e. The van der Waals surface area contributed by atoms with E-state index in [1.165, 1.54) is 11.1 Å². The number of aromatic nitrogens is 2. The van der Waals surface area contributed by atoms with E-state index in [2.05, 4.69) is 55.4 Å². The molecule has 0 spiro atoms. The van der Waals surface area contributed by atoms with Gasteiger partial charge in [-0.25, -0.2) is 0 Å². The molecule has 0 amide bonds. The van der Waals surface area contributed by atoms with Crippen LogP contribution in [0.2, 0.25) is 0 Å². The van der Waals surface area contributed by atoms with Gasteiger partial charge in [0, 0.05) is 6.04 Å². The first-order chi connectivity index (χ1) is 7.50. The number of nitrogens with zero attached hydrogens (tertiary/aromatic N) is 1. The molecule has 0 aliphatic heterocycles. The van der Waals surface area contributed by atoms with Gasteiger partial charge in [-0.1, -0.05) is 19.9 Å². The van der Waals surface area contributed by atoms with Gasteiger partial charge < -0.3 is 9.55 Å². The number of hydrogen-bond acceptors (Lipinski definition) is 1. The van der Waals surface area contributed by atoms with Gasteiger partial charge in [-0.2, -0.15) is 0 Å². The maximum atomic E-state index is 5.40. The van der Waals surface area contributed by atoms with Gasteiger partial charge in [0.05, 0.1) is 11.0 Å². The van der Waals surface area contributed by atoms with Crippen LogP contribution in [-0.2, 0) is 0 Å². The molecule has 1 unspecified atom stereocenters. The van der Waals surface area contributed by atoms with Crippen molar-refractivity contribution in [1.29, 1.82) is 0 Å². The normalized spacial score (nSPS) is 13.6. The smallest absolute Gasteiger partial charge is 0.178 e. The number of benzene rings is 1. The fourth-order valence-corrected chi connectivity index (χ4v) is 2.31. The Balaban J connectivity index is 2.72. The summed E-state index contributed by atoms with van der Waals surface area (Å²) in [5.74, 6) is 0.575. The van der Waals surface area contributed by atoms with E-state index in [1.54, 1.807) is 0 Å². The summed E-state index contributed by atoms with van der Waals surface area (Å²) in [7, 11) is 0. The van der Waals surface area contributed by atoms with Crippen molar-refractivity contribution < 1.29 is 0 Å². The molecule has 1 aromatic heterocycles. The highest BCUT2D eigenvalue weighted by molar-refractivity contribution is 7.71. The number of hydrogen-bond donors (Lipinski definition) is 1. The van der Waals surface area contributed by atoms with Crippen molar-refractivity contribution in [2.24, 2.45) is 5.92 Å². The minimum absolute atomic E-state index is 0.419. The summed E-state index contributed by atoms with van der Waals surface area (Å²) in [5, 5.41) is 0. The highest BCUT2D eigenvalue weighted by atomic mass is 32.1. The standard InChI is InChI=1S/C13H18N2S/c1-8(2)10(4)15-12-7-9(3)5-6-11(12)14-13(15)16/h5-8,10H,1-4H3,(H,14,16). The third-order valence-electron chi connectivity index (χ3n) is 3.25. The lowest BCUT2D eigenvalue weighted by molar-refractivity contribution is 0.413. The van der Waals surface area contributed by atoms with E-state index in [4.69, 9.17) is 12.2 Å². The summed E-state index contributed by atoms with van der Waals surface area (Å²) in [6.07, 6.45) is 0. The van der Waals surface area contributed by atoms with Gasteiger partial charge >= 0.3 is 0 Å². The molecule has 0 saturated heterocycles. The van der Waals surface area contributed by atoms with Crippen molar-refractivity contribution in [3.8, 4) is 0 Å². The van der Waals surface area contributed by atoms with Crippen molar-refractivity contribution >= 4 is 23.3 Å². The van der Waals surface area contributed by atoms with Crippen molar-refractivity contribution in [2.45, 2.75) is 33.7 Å². The van der Waals surface area contributed by atoms with Crippen LogP contribution >= 0.6 is 12.2 Å². The molecule has 0 fully saturated rings. The van der Waals surface area contributed by atoms with Crippen LogP contribution in [0, 0.1) is 17.6 Å². The van der Waals surface area contributed by atoms with Crippen LogP contribution in [-0.4, -0.2) is 9.55 Å². The van der Waals surface area contributed by atoms with E-state index in [9.17, 15) is 0 Å². The lowest BCUT2D eigenvalue weighted by atomic mass is 10.1. The van der Waals surface area contributed by atoms with Crippen LogP contribution in [0.4, 0.5) is 0 Å². The van der Waals surface area contributed by atoms with Crippen LogP contribution in [0.15, 0.2) is 18.2 Å². The molecule has 2 rings (SSSR count). The predicted molar refractivity (Wildman–Crippen MR) is 71.4 cm³/mol. The zero-order valence-electron chi connectivity index (χ0n) is 10.2. The molecule has 1 heterocycles. The summed E-state index contributed by atoms with van der Waals surface area (Å²) in [6, 6.07) is 6.82. The van der Waals surface area contributed by atoms with E-state index in [0.717, 1.165) is 10.3 Å². The summed E-state index contributed by atoms with van der Waals surface area (Å²) in [5.41, 5.74) is 3.61. The maximum Gasteiger partial charge on any atom is 0.178 e. The molecule has 16 heavy (non-hydrogen) atoms. The molecule has 2 aromatic rings. The van der Waals surface area contributed by atoms with E-state index >= 15 is 0 Å². The monoisotopic (exact) mass is 234 g/mol. The highest BCUT2D eigenvalue weighted by Gasteiger charge is 2.13. The Bertz CT molecular complexity index is 563. The number of aryl methyl sites for hydroxylation is 1. The minimum atomic E-state index is 0.419. The lowest BCUT2D eigenvalue weighted by Gasteiger charge is -2.18. The van der Waals surface area contributed by atoms with Gasteiger partial charge in [0.1, 0.15) is 0 Å². The molecular formula is C13H18N2S. The van der Waals surface area contributed by atoms with Gasteiger partial charge in [0.15, 0.2) is 4.77 Å². The first kappa shape index (κ1) is 11.4. The number of fused-ring (bicyclic) bond motifs is 1. The molecule has 3 heteroatoms. The number of H-pyrrole nitrogens is 1. The number of rotatable bonds is 2. The van der Waals surface area contributed by atoms with E-state index in [0.29, 0.717) is 12.0 Å². The first-order valence-electron chi connectivity index (χ1n) is 5.71. The first-order valence-corrected chi connectivity index (χ1v) is 6.12. The second-order valence-electron chi connectivity index (χ2n) is 4.81. The van der Waals surface area contributed by atoms with Gasteiger partial charge in [-0.3, -0.25) is 0 Å². The molecule has 0 saturated carbocycles. The Morgan fingerprint density at radius 3 is 2.56 bits per heavy atom. The van der Waals surface area contributed by atoms with Crippen LogP contribution in [0.3, 0.4) is 0 Å². The van der Waals surface area contributed by atoms with Crippen LogP contribution in [0.5, 0.6) is 0 Å². The summed E-state index contributed by atoms with van der Waals surface area (Å²) in [6.45, 7) is 8.78. The van der Waals surface area contributed by atoms with Crippen molar-refractivity contribution in [3.05, 3.63) is 28.5 Å². The Kier molecular flexibility index (Phi) is 2.89. The molecule has 0 aliphatic carbocycles. The molecule has 1 atom stereocenters. The fourth-order valence-electron chi connectivity index (χ4n) is 1.93. The number of imidazole rings is 1. The second-order valence-corrected chi connectivity index (χ2v) is 5.19. The summed E-state index contributed by atoms with van der Waals surface area (Å²) < 4.78 is 3.05. The Morgan fingerprint density at radius 2 is 1.94 bits per heavy atom. The predicted octanol–water partition coefficient (Wildman–Crippen LogP) is 4.22. The Hall–Kier alpha value is -1.09. The Morgan fingerprint density at radius 1 is 1.25 bits per heavy atom. The van der Waals surface area contributed by atoms with Gasteiger partial charge in [0.2, 0.25) is 0 Å². The number of nitrogens with one attached hydrogen (secondary N) is 1. The molecule has 0 bridgehead atoms. The number of aromatic amines is 1. The van der Waals surface area contributed by atoms with Gasteiger partial charge in [-0.05, 0) is 49.7 Å².